The minimum atomic E-state index is 0.804. The van der Waals surface area contributed by atoms with E-state index in [0.29, 0.717) is 0 Å². The predicted octanol–water partition coefficient (Wildman–Crippen LogP) is 3.00. The lowest BCUT2D eigenvalue weighted by molar-refractivity contribution is 0.199. The van der Waals surface area contributed by atoms with Gasteiger partial charge in [0.2, 0.25) is 0 Å². The molecule has 1 N–H and O–H groups in total. The number of hydrogen-bond donors (Lipinski definition) is 1. The Morgan fingerprint density at radius 1 is 1.13 bits per heavy atom. The van der Waals surface area contributed by atoms with Gasteiger partial charge in [-0.3, -0.25) is 0 Å². The van der Waals surface area contributed by atoms with Crippen molar-refractivity contribution in [2.75, 3.05) is 26.8 Å². The van der Waals surface area contributed by atoms with Gasteiger partial charge in [0.05, 0.1) is 6.61 Å². The number of hydrogen-bond acceptors (Lipinski definition) is 2. The molecule has 0 aliphatic carbocycles. The van der Waals surface area contributed by atoms with Crippen LogP contribution in [0.5, 0.6) is 0 Å². The zero-order valence-electron chi connectivity index (χ0n) is 10.6. The maximum atomic E-state index is 4.94. The number of ether oxygens (including phenoxy) is 1. The second-order valence-corrected chi connectivity index (χ2v) is 4.33. The fraction of sp³-hybridized carbons (Fsp3) is 0.846. The molecule has 0 aromatic rings. The highest BCUT2D eigenvalue weighted by atomic mass is 16.5. The van der Waals surface area contributed by atoms with Gasteiger partial charge in [0.15, 0.2) is 0 Å². The van der Waals surface area contributed by atoms with Crippen molar-refractivity contribution >= 4 is 0 Å². The quantitative estimate of drug-likeness (QED) is 0.445. The summed E-state index contributed by atoms with van der Waals surface area (Å²) in [5, 5.41) is 3.32. The molecule has 0 rings (SSSR count). The van der Waals surface area contributed by atoms with Crippen LogP contribution in [0.3, 0.4) is 0 Å². The van der Waals surface area contributed by atoms with E-state index in [4.69, 9.17) is 4.74 Å². The van der Waals surface area contributed by atoms with Gasteiger partial charge in [0.25, 0.3) is 0 Å². The van der Waals surface area contributed by atoms with Gasteiger partial charge in [-0.15, -0.1) is 0 Å². The van der Waals surface area contributed by atoms with Crippen LogP contribution in [0.4, 0.5) is 0 Å². The highest BCUT2D eigenvalue weighted by Gasteiger charge is 1.90. The minimum Gasteiger partial charge on any atom is -0.383 e. The highest BCUT2D eigenvalue weighted by molar-refractivity contribution is 4.82. The van der Waals surface area contributed by atoms with Gasteiger partial charge in [0.1, 0.15) is 0 Å². The van der Waals surface area contributed by atoms with Gasteiger partial charge >= 0.3 is 0 Å². The van der Waals surface area contributed by atoms with Crippen molar-refractivity contribution < 1.29 is 4.74 Å². The van der Waals surface area contributed by atoms with Crippen molar-refractivity contribution in [2.45, 2.75) is 39.5 Å². The molecule has 0 radical (unpaired) electrons. The number of methoxy groups -OCH3 is 1. The van der Waals surface area contributed by atoms with E-state index in [9.17, 15) is 0 Å². The van der Waals surface area contributed by atoms with Crippen LogP contribution >= 0.6 is 0 Å². The Kier molecular flexibility index (Phi) is 11.5. The normalized spacial score (nSPS) is 11.7. The lowest BCUT2D eigenvalue weighted by Gasteiger charge is -2.01. The van der Waals surface area contributed by atoms with E-state index in [0.717, 1.165) is 32.0 Å². The predicted molar refractivity (Wildman–Crippen MR) is 67.2 cm³/mol. The third-order valence-electron chi connectivity index (χ3n) is 2.29. The van der Waals surface area contributed by atoms with Crippen LogP contribution < -0.4 is 5.32 Å². The molecular formula is C13H27NO. The molecule has 0 saturated heterocycles. The molecule has 15 heavy (non-hydrogen) atoms. The van der Waals surface area contributed by atoms with E-state index < -0.39 is 0 Å². The van der Waals surface area contributed by atoms with Gasteiger partial charge in [-0.2, -0.15) is 0 Å². The third kappa shape index (κ3) is 13.7. The molecule has 2 heteroatoms. The van der Waals surface area contributed by atoms with Gasteiger partial charge in [-0.1, -0.05) is 32.4 Å². The van der Waals surface area contributed by atoms with Crippen LogP contribution in [-0.2, 0) is 4.74 Å². The van der Waals surface area contributed by atoms with Crippen molar-refractivity contribution in [1.82, 2.24) is 5.32 Å². The zero-order chi connectivity index (χ0) is 11.4. The van der Waals surface area contributed by atoms with E-state index in [1.807, 2.05) is 0 Å². The topological polar surface area (TPSA) is 21.3 Å². The minimum absolute atomic E-state index is 0.804. The van der Waals surface area contributed by atoms with E-state index in [-0.39, 0.29) is 0 Å². The summed E-state index contributed by atoms with van der Waals surface area (Å²) in [5.74, 6) is 0.842. The first kappa shape index (κ1) is 14.7. The molecular weight excluding hydrogens is 186 g/mol. The molecule has 0 saturated carbocycles. The molecule has 0 unspecified atom stereocenters. The molecule has 0 aromatic carbocycles. The van der Waals surface area contributed by atoms with Crippen LogP contribution in [0.1, 0.15) is 39.5 Å². The first-order chi connectivity index (χ1) is 7.27. The van der Waals surface area contributed by atoms with Gasteiger partial charge in [-0.25, -0.2) is 0 Å². The monoisotopic (exact) mass is 213 g/mol. The Morgan fingerprint density at radius 2 is 1.87 bits per heavy atom. The molecule has 0 aliphatic heterocycles. The van der Waals surface area contributed by atoms with Crippen molar-refractivity contribution in [3.63, 3.8) is 0 Å². The third-order valence-corrected chi connectivity index (χ3v) is 2.29. The van der Waals surface area contributed by atoms with Crippen molar-refractivity contribution in [2.24, 2.45) is 5.92 Å². The zero-order valence-corrected chi connectivity index (χ0v) is 10.6. The van der Waals surface area contributed by atoms with E-state index in [1.165, 1.54) is 19.3 Å². The average molecular weight is 213 g/mol. The molecule has 0 heterocycles. The molecule has 0 aromatic heterocycles. The fourth-order valence-electron chi connectivity index (χ4n) is 1.36. The maximum Gasteiger partial charge on any atom is 0.0587 e. The highest BCUT2D eigenvalue weighted by Crippen LogP contribution is 2.06. The summed E-state index contributed by atoms with van der Waals surface area (Å²) >= 11 is 0. The SMILES string of the molecule is COCCNCC/C=C/CCCC(C)C. The lowest BCUT2D eigenvalue weighted by Crippen LogP contribution is -2.19. The van der Waals surface area contributed by atoms with Crippen LogP contribution in [0.25, 0.3) is 0 Å². The summed E-state index contributed by atoms with van der Waals surface area (Å²) in [5.41, 5.74) is 0. The lowest BCUT2D eigenvalue weighted by atomic mass is 10.1. The maximum absolute atomic E-state index is 4.94. The molecule has 0 spiro atoms. The number of nitrogens with one attached hydrogen (secondary N) is 1. The summed E-state index contributed by atoms with van der Waals surface area (Å²) < 4.78 is 4.94. The standard InChI is InChI=1S/C13H27NO/c1-13(2)9-7-5-4-6-8-10-14-11-12-15-3/h4,6,13-14H,5,7-12H2,1-3H3/b6-4+. The molecule has 0 atom stereocenters. The molecule has 90 valence electrons. The van der Waals surface area contributed by atoms with Crippen LogP contribution in [-0.4, -0.2) is 26.8 Å². The molecule has 2 nitrogen and oxygen atoms in total. The summed E-state index contributed by atoms with van der Waals surface area (Å²) in [7, 11) is 1.73. The Labute approximate surface area is 95.1 Å². The smallest absolute Gasteiger partial charge is 0.0587 e. The molecule has 0 aliphatic rings. The largest absolute Gasteiger partial charge is 0.383 e. The Balaban J connectivity index is 3.04. The number of allylic oxidation sites excluding steroid dienone is 1. The number of unbranched alkanes of at least 4 members (excludes halogenated alkanes) is 1. The second kappa shape index (κ2) is 11.7. The first-order valence-electron chi connectivity index (χ1n) is 6.12. The van der Waals surface area contributed by atoms with E-state index in [1.54, 1.807) is 7.11 Å². The van der Waals surface area contributed by atoms with Crippen LogP contribution in [0, 0.1) is 5.92 Å². The Bertz CT molecular complexity index is 143. The summed E-state index contributed by atoms with van der Waals surface area (Å²) in [6, 6.07) is 0. The van der Waals surface area contributed by atoms with Gasteiger partial charge in [-0.05, 0) is 31.7 Å². The second-order valence-electron chi connectivity index (χ2n) is 4.33. The van der Waals surface area contributed by atoms with Crippen molar-refractivity contribution in [1.29, 1.82) is 0 Å². The Morgan fingerprint density at radius 3 is 2.53 bits per heavy atom. The van der Waals surface area contributed by atoms with Crippen LogP contribution in [0.15, 0.2) is 12.2 Å². The summed E-state index contributed by atoms with van der Waals surface area (Å²) in [4.78, 5) is 0. The van der Waals surface area contributed by atoms with E-state index >= 15 is 0 Å². The van der Waals surface area contributed by atoms with Gasteiger partial charge < -0.3 is 10.1 Å². The summed E-state index contributed by atoms with van der Waals surface area (Å²) in [6.45, 7) is 7.38. The van der Waals surface area contributed by atoms with Crippen molar-refractivity contribution in [3.8, 4) is 0 Å². The molecule has 0 fully saturated rings. The number of rotatable bonds is 10. The first-order valence-corrected chi connectivity index (χ1v) is 6.12. The van der Waals surface area contributed by atoms with Gasteiger partial charge in [0, 0.05) is 13.7 Å². The summed E-state index contributed by atoms with van der Waals surface area (Å²) in [6.07, 6.45) is 9.61. The van der Waals surface area contributed by atoms with E-state index in [2.05, 4.69) is 31.3 Å². The Hall–Kier alpha value is -0.340. The van der Waals surface area contributed by atoms with Crippen LogP contribution in [0.2, 0.25) is 0 Å². The fourth-order valence-corrected chi connectivity index (χ4v) is 1.36. The van der Waals surface area contributed by atoms with Crippen molar-refractivity contribution in [3.05, 3.63) is 12.2 Å². The molecule has 0 bridgehead atoms. The molecule has 0 amide bonds. The average Bonchev–Trinajstić information content (AvgIpc) is 2.20.